The first-order chi connectivity index (χ1) is 7.21. The van der Waals surface area contributed by atoms with Gasteiger partial charge in [0.15, 0.2) is 6.10 Å². The van der Waals surface area contributed by atoms with Crippen molar-refractivity contribution in [2.24, 2.45) is 0 Å². The second-order valence-corrected chi connectivity index (χ2v) is 3.05. The van der Waals surface area contributed by atoms with Crippen molar-refractivity contribution in [1.82, 2.24) is 0 Å². The van der Waals surface area contributed by atoms with Gasteiger partial charge in [0.2, 0.25) is 0 Å². The molecule has 0 aliphatic heterocycles. The summed E-state index contributed by atoms with van der Waals surface area (Å²) in [6.45, 7) is 1.89. The molecule has 1 aromatic carbocycles. The van der Waals surface area contributed by atoms with Crippen LogP contribution in [0.15, 0.2) is 18.2 Å². The number of anilines is 1. The molecule has 80 valence electrons. The van der Waals surface area contributed by atoms with E-state index >= 15 is 0 Å². The summed E-state index contributed by atoms with van der Waals surface area (Å²) < 4.78 is 10.4. The van der Waals surface area contributed by atoms with E-state index in [0.717, 1.165) is 0 Å². The quantitative estimate of drug-likeness (QED) is 0.764. The molecule has 0 spiro atoms. The molecule has 0 aromatic heterocycles. The maximum Gasteiger partial charge on any atom is 0.184 e. The number of nitrogens with zero attached hydrogens (tertiary/aromatic N) is 1. The zero-order chi connectivity index (χ0) is 11.3. The molecule has 0 radical (unpaired) electrons. The molecule has 0 aliphatic rings. The average Bonchev–Trinajstić information content (AvgIpc) is 2.26. The molecule has 0 fully saturated rings. The van der Waals surface area contributed by atoms with Gasteiger partial charge >= 0.3 is 0 Å². The Kier molecular flexibility index (Phi) is 3.81. The first-order valence-electron chi connectivity index (χ1n) is 4.71. The SMILES string of the molecule is CCC(C#N)Oc1ccc(OC)c(N)c1. The summed E-state index contributed by atoms with van der Waals surface area (Å²) in [6.07, 6.45) is 0.209. The fourth-order valence-corrected chi connectivity index (χ4v) is 1.15. The molecule has 0 saturated heterocycles. The number of nitrogen functional groups attached to an aromatic ring is 1. The molecular formula is C11H14N2O2. The van der Waals surface area contributed by atoms with Crippen molar-refractivity contribution in [2.45, 2.75) is 19.4 Å². The summed E-state index contributed by atoms with van der Waals surface area (Å²) in [5, 5.41) is 8.73. The molecule has 1 aromatic rings. The van der Waals surface area contributed by atoms with Crippen molar-refractivity contribution in [3.8, 4) is 17.6 Å². The van der Waals surface area contributed by atoms with E-state index in [9.17, 15) is 0 Å². The Morgan fingerprint density at radius 2 is 2.27 bits per heavy atom. The standard InChI is InChI=1S/C11H14N2O2/c1-3-8(7-12)15-9-4-5-11(14-2)10(13)6-9/h4-6,8H,3,13H2,1-2H3. The fourth-order valence-electron chi connectivity index (χ4n) is 1.15. The van der Waals surface area contributed by atoms with E-state index in [2.05, 4.69) is 6.07 Å². The first-order valence-corrected chi connectivity index (χ1v) is 4.71. The summed E-state index contributed by atoms with van der Waals surface area (Å²) in [7, 11) is 1.55. The van der Waals surface area contributed by atoms with Gasteiger partial charge in [-0.2, -0.15) is 5.26 Å². The number of nitriles is 1. The largest absolute Gasteiger partial charge is 0.495 e. The Balaban J connectivity index is 2.80. The van der Waals surface area contributed by atoms with Gasteiger partial charge in [-0.3, -0.25) is 0 Å². The van der Waals surface area contributed by atoms with Gasteiger partial charge in [-0.1, -0.05) is 6.92 Å². The van der Waals surface area contributed by atoms with E-state index in [1.165, 1.54) is 0 Å². The van der Waals surface area contributed by atoms with Crippen LogP contribution in [-0.4, -0.2) is 13.2 Å². The molecule has 2 N–H and O–H groups in total. The Hall–Kier alpha value is -1.89. The Morgan fingerprint density at radius 3 is 2.73 bits per heavy atom. The second-order valence-electron chi connectivity index (χ2n) is 3.05. The van der Waals surface area contributed by atoms with Crippen LogP contribution in [0.25, 0.3) is 0 Å². The number of hydrogen-bond acceptors (Lipinski definition) is 4. The molecule has 0 saturated carbocycles. The summed E-state index contributed by atoms with van der Waals surface area (Å²) >= 11 is 0. The lowest BCUT2D eigenvalue weighted by Gasteiger charge is -2.11. The van der Waals surface area contributed by atoms with Crippen molar-refractivity contribution in [3.05, 3.63) is 18.2 Å². The van der Waals surface area contributed by atoms with Gasteiger partial charge in [0, 0.05) is 6.07 Å². The minimum absolute atomic E-state index is 0.433. The number of nitrogens with two attached hydrogens (primary N) is 1. The molecule has 0 bridgehead atoms. The molecule has 1 unspecified atom stereocenters. The monoisotopic (exact) mass is 206 g/mol. The second kappa shape index (κ2) is 5.11. The van der Waals surface area contributed by atoms with Gasteiger partial charge in [0.25, 0.3) is 0 Å². The van der Waals surface area contributed by atoms with Gasteiger partial charge in [0.05, 0.1) is 12.8 Å². The smallest absolute Gasteiger partial charge is 0.184 e. The highest BCUT2D eigenvalue weighted by molar-refractivity contribution is 5.56. The fraction of sp³-hybridized carbons (Fsp3) is 0.364. The molecule has 15 heavy (non-hydrogen) atoms. The van der Waals surface area contributed by atoms with Crippen LogP contribution in [-0.2, 0) is 0 Å². The van der Waals surface area contributed by atoms with Crippen LogP contribution in [0.3, 0.4) is 0 Å². The van der Waals surface area contributed by atoms with E-state index in [4.69, 9.17) is 20.5 Å². The predicted molar refractivity (Wildman–Crippen MR) is 57.7 cm³/mol. The van der Waals surface area contributed by atoms with Gasteiger partial charge in [-0.25, -0.2) is 0 Å². The zero-order valence-electron chi connectivity index (χ0n) is 8.86. The highest BCUT2D eigenvalue weighted by Crippen LogP contribution is 2.26. The van der Waals surface area contributed by atoms with Crippen LogP contribution in [0.5, 0.6) is 11.5 Å². The third-order valence-corrected chi connectivity index (χ3v) is 1.99. The van der Waals surface area contributed by atoms with Crippen molar-refractivity contribution >= 4 is 5.69 Å². The van der Waals surface area contributed by atoms with E-state index in [0.29, 0.717) is 23.6 Å². The number of ether oxygens (including phenoxy) is 2. The lowest BCUT2D eigenvalue weighted by molar-refractivity contribution is 0.251. The van der Waals surface area contributed by atoms with Crippen LogP contribution in [0.4, 0.5) is 5.69 Å². The molecule has 0 heterocycles. The number of rotatable bonds is 4. The summed E-state index contributed by atoms with van der Waals surface area (Å²) in [4.78, 5) is 0. The molecule has 1 rings (SSSR count). The number of hydrogen-bond donors (Lipinski definition) is 1. The van der Waals surface area contributed by atoms with Gasteiger partial charge in [0.1, 0.15) is 17.6 Å². The van der Waals surface area contributed by atoms with Crippen molar-refractivity contribution in [3.63, 3.8) is 0 Å². The van der Waals surface area contributed by atoms with Crippen molar-refractivity contribution in [2.75, 3.05) is 12.8 Å². The highest BCUT2D eigenvalue weighted by atomic mass is 16.5. The zero-order valence-corrected chi connectivity index (χ0v) is 8.86. The molecule has 4 heteroatoms. The molecule has 4 nitrogen and oxygen atoms in total. The van der Waals surface area contributed by atoms with Gasteiger partial charge in [-0.15, -0.1) is 0 Å². The van der Waals surface area contributed by atoms with E-state index in [1.807, 2.05) is 6.92 Å². The van der Waals surface area contributed by atoms with Gasteiger partial charge in [-0.05, 0) is 18.6 Å². The maximum absolute atomic E-state index is 8.73. The summed E-state index contributed by atoms with van der Waals surface area (Å²) in [5.41, 5.74) is 6.21. The summed E-state index contributed by atoms with van der Waals surface area (Å²) in [6, 6.07) is 7.15. The van der Waals surface area contributed by atoms with Gasteiger partial charge < -0.3 is 15.2 Å². The highest BCUT2D eigenvalue weighted by Gasteiger charge is 2.07. The van der Waals surface area contributed by atoms with Crippen molar-refractivity contribution in [1.29, 1.82) is 5.26 Å². The molecular weight excluding hydrogens is 192 g/mol. The molecule has 1 atom stereocenters. The topological polar surface area (TPSA) is 68.3 Å². The van der Waals surface area contributed by atoms with E-state index in [-0.39, 0.29) is 0 Å². The number of methoxy groups -OCH3 is 1. The predicted octanol–water partition coefficient (Wildman–Crippen LogP) is 1.96. The van der Waals surface area contributed by atoms with E-state index < -0.39 is 6.10 Å². The van der Waals surface area contributed by atoms with E-state index in [1.54, 1.807) is 25.3 Å². The normalized spacial score (nSPS) is 11.5. The third kappa shape index (κ3) is 2.78. The summed E-state index contributed by atoms with van der Waals surface area (Å²) in [5.74, 6) is 1.19. The van der Waals surface area contributed by atoms with Crippen LogP contribution in [0.1, 0.15) is 13.3 Å². The van der Waals surface area contributed by atoms with Crippen molar-refractivity contribution < 1.29 is 9.47 Å². The minimum Gasteiger partial charge on any atom is -0.495 e. The maximum atomic E-state index is 8.73. The van der Waals surface area contributed by atoms with Crippen LogP contribution in [0.2, 0.25) is 0 Å². The first kappa shape index (κ1) is 11.2. The molecule has 0 amide bonds. The lowest BCUT2D eigenvalue weighted by Crippen LogP contribution is -2.12. The Bertz CT molecular complexity index is 371. The third-order valence-electron chi connectivity index (χ3n) is 1.99. The Morgan fingerprint density at radius 1 is 1.53 bits per heavy atom. The van der Waals surface area contributed by atoms with Crippen LogP contribution < -0.4 is 15.2 Å². The molecule has 0 aliphatic carbocycles. The van der Waals surface area contributed by atoms with Crippen LogP contribution >= 0.6 is 0 Å². The minimum atomic E-state index is -0.433. The Labute approximate surface area is 89.2 Å². The van der Waals surface area contributed by atoms with Crippen LogP contribution in [0, 0.1) is 11.3 Å². The number of benzene rings is 1. The average molecular weight is 206 g/mol. The lowest BCUT2D eigenvalue weighted by atomic mass is 10.2.